The highest BCUT2D eigenvalue weighted by Gasteiger charge is 2.15. The first-order valence-corrected chi connectivity index (χ1v) is 11.3. The molecule has 0 bridgehead atoms. The lowest BCUT2D eigenvalue weighted by molar-refractivity contribution is -0.115. The van der Waals surface area contributed by atoms with E-state index >= 15 is 0 Å². The number of anilines is 1. The van der Waals surface area contributed by atoms with E-state index in [0.717, 1.165) is 21.9 Å². The summed E-state index contributed by atoms with van der Waals surface area (Å²) in [6.45, 7) is 3.94. The molecule has 0 radical (unpaired) electrons. The van der Waals surface area contributed by atoms with Crippen molar-refractivity contribution >= 4 is 46.7 Å². The van der Waals surface area contributed by atoms with Crippen molar-refractivity contribution in [2.75, 3.05) is 5.32 Å². The SMILES string of the molecule is Cc1cc(CSc2ccccc2)ccc1NC(=O)[C@H](C)Sc1ccc(Cl)cc1. The molecule has 0 saturated carbocycles. The molecule has 3 rings (SSSR count). The topological polar surface area (TPSA) is 29.1 Å². The van der Waals surface area contributed by atoms with Crippen molar-refractivity contribution in [1.82, 2.24) is 0 Å². The predicted octanol–water partition coefficient (Wildman–Crippen LogP) is 7.06. The van der Waals surface area contributed by atoms with E-state index in [0.29, 0.717) is 5.02 Å². The minimum atomic E-state index is -0.200. The van der Waals surface area contributed by atoms with Crippen LogP contribution in [0.1, 0.15) is 18.1 Å². The van der Waals surface area contributed by atoms with Gasteiger partial charge in [0.1, 0.15) is 0 Å². The highest BCUT2D eigenvalue weighted by atomic mass is 35.5. The van der Waals surface area contributed by atoms with Gasteiger partial charge in [-0.25, -0.2) is 0 Å². The van der Waals surface area contributed by atoms with Crippen molar-refractivity contribution in [2.24, 2.45) is 0 Å². The molecule has 1 N–H and O–H groups in total. The van der Waals surface area contributed by atoms with E-state index < -0.39 is 0 Å². The molecule has 0 aliphatic rings. The smallest absolute Gasteiger partial charge is 0.237 e. The van der Waals surface area contributed by atoms with Crippen molar-refractivity contribution in [3.63, 3.8) is 0 Å². The summed E-state index contributed by atoms with van der Waals surface area (Å²) >= 11 is 9.24. The van der Waals surface area contributed by atoms with Crippen LogP contribution in [0, 0.1) is 6.92 Å². The monoisotopic (exact) mass is 427 g/mol. The van der Waals surface area contributed by atoms with Gasteiger partial charge in [-0.1, -0.05) is 41.9 Å². The van der Waals surface area contributed by atoms with Gasteiger partial charge in [-0.3, -0.25) is 4.79 Å². The van der Waals surface area contributed by atoms with Gasteiger partial charge in [0, 0.05) is 26.3 Å². The largest absolute Gasteiger partial charge is 0.325 e. The highest BCUT2D eigenvalue weighted by Crippen LogP contribution is 2.27. The summed E-state index contributed by atoms with van der Waals surface area (Å²) in [4.78, 5) is 14.8. The zero-order valence-electron chi connectivity index (χ0n) is 15.8. The fourth-order valence-corrected chi connectivity index (χ4v) is 4.50. The van der Waals surface area contributed by atoms with Gasteiger partial charge in [0.25, 0.3) is 0 Å². The number of aryl methyl sites for hydroxylation is 1. The summed E-state index contributed by atoms with van der Waals surface area (Å²) in [5.74, 6) is 0.900. The quantitative estimate of drug-likeness (QED) is 0.409. The Balaban J connectivity index is 1.57. The van der Waals surface area contributed by atoms with Crippen LogP contribution < -0.4 is 5.32 Å². The third-order valence-corrected chi connectivity index (χ3v) is 6.64. The second-order valence-corrected chi connectivity index (χ2v) is 9.35. The number of nitrogens with one attached hydrogen (secondary N) is 1. The molecular weight excluding hydrogens is 406 g/mol. The molecule has 1 atom stereocenters. The molecule has 2 nitrogen and oxygen atoms in total. The van der Waals surface area contributed by atoms with Gasteiger partial charge in [-0.05, 0) is 67.4 Å². The predicted molar refractivity (Wildman–Crippen MR) is 123 cm³/mol. The zero-order chi connectivity index (χ0) is 19.9. The second kappa shape index (κ2) is 10.1. The molecule has 0 aliphatic carbocycles. The van der Waals surface area contributed by atoms with Crippen LogP contribution in [0.25, 0.3) is 0 Å². The van der Waals surface area contributed by atoms with Crippen LogP contribution in [0.5, 0.6) is 0 Å². The summed E-state index contributed by atoms with van der Waals surface area (Å²) in [6, 6.07) is 24.1. The van der Waals surface area contributed by atoms with E-state index in [1.807, 2.05) is 62.0 Å². The number of carbonyl (C=O) groups excluding carboxylic acids is 1. The van der Waals surface area contributed by atoms with E-state index in [1.54, 1.807) is 0 Å². The molecule has 5 heteroatoms. The van der Waals surface area contributed by atoms with Crippen LogP contribution in [0.2, 0.25) is 5.02 Å². The number of amides is 1. The number of benzene rings is 3. The van der Waals surface area contributed by atoms with Gasteiger partial charge in [0.15, 0.2) is 0 Å². The molecule has 0 spiro atoms. The standard InChI is InChI=1S/C23H22ClNOS2/c1-16-14-18(15-27-20-6-4-3-5-7-20)8-13-22(16)25-23(26)17(2)28-21-11-9-19(24)10-12-21/h3-14,17H,15H2,1-2H3,(H,25,26)/t17-/m0/s1. The van der Waals surface area contributed by atoms with E-state index in [-0.39, 0.29) is 11.2 Å². The number of hydrogen-bond donors (Lipinski definition) is 1. The Labute approximate surface area is 180 Å². The number of thioether (sulfide) groups is 2. The van der Waals surface area contributed by atoms with Gasteiger partial charge in [-0.15, -0.1) is 23.5 Å². The van der Waals surface area contributed by atoms with Crippen molar-refractivity contribution in [3.8, 4) is 0 Å². The molecular formula is C23H22ClNOS2. The number of carbonyl (C=O) groups is 1. The summed E-state index contributed by atoms with van der Waals surface area (Å²) in [5.41, 5.74) is 3.18. The van der Waals surface area contributed by atoms with E-state index in [1.165, 1.54) is 22.2 Å². The lowest BCUT2D eigenvalue weighted by atomic mass is 10.1. The molecule has 0 saturated heterocycles. The molecule has 0 unspecified atom stereocenters. The van der Waals surface area contributed by atoms with E-state index in [2.05, 4.69) is 41.7 Å². The molecule has 0 fully saturated rings. The van der Waals surface area contributed by atoms with E-state index in [4.69, 9.17) is 11.6 Å². The average Bonchev–Trinajstić information content (AvgIpc) is 2.70. The Morgan fingerprint density at radius 3 is 2.39 bits per heavy atom. The molecule has 28 heavy (non-hydrogen) atoms. The summed E-state index contributed by atoms with van der Waals surface area (Å²) < 4.78 is 0. The second-order valence-electron chi connectivity index (χ2n) is 6.45. The normalized spacial score (nSPS) is 11.8. The van der Waals surface area contributed by atoms with Crippen LogP contribution >= 0.6 is 35.1 Å². The van der Waals surface area contributed by atoms with Crippen LogP contribution in [0.15, 0.2) is 82.6 Å². The molecule has 144 valence electrons. The lowest BCUT2D eigenvalue weighted by Crippen LogP contribution is -2.22. The van der Waals surface area contributed by atoms with Gasteiger partial charge in [0.2, 0.25) is 5.91 Å². The Bertz CT molecular complexity index is 929. The maximum Gasteiger partial charge on any atom is 0.237 e. The summed E-state index contributed by atoms with van der Waals surface area (Å²) in [7, 11) is 0. The minimum Gasteiger partial charge on any atom is -0.325 e. The van der Waals surface area contributed by atoms with E-state index in [9.17, 15) is 4.79 Å². The Hall–Kier alpha value is -1.88. The van der Waals surface area contributed by atoms with Crippen molar-refractivity contribution in [2.45, 2.75) is 34.6 Å². The number of rotatable bonds is 7. The Morgan fingerprint density at radius 1 is 1.00 bits per heavy atom. The van der Waals surface area contributed by atoms with Crippen LogP contribution in [0.3, 0.4) is 0 Å². The summed E-state index contributed by atoms with van der Waals surface area (Å²) in [6.07, 6.45) is 0. The molecule has 1 amide bonds. The van der Waals surface area contributed by atoms with Gasteiger partial charge < -0.3 is 5.32 Å². The first kappa shape index (κ1) is 20.8. The molecule has 0 heterocycles. The molecule has 0 aliphatic heterocycles. The highest BCUT2D eigenvalue weighted by molar-refractivity contribution is 8.00. The van der Waals surface area contributed by atoms with Crippen LogP contribution in [-0.4, -0.2) is 11.2 Å². The van der Waals surface area contributed by atoms with Crippen molar-refractivity contribution in [3.05, 3.63) is 88.9 Å². The zero-order valence-corrected chi connectivity index (χ0v) is 18.2. The van der Waals surface area contributed by atoms with Gasteiger partial charge in [0.05, 0.1) is 5.25 Å². The van der Waals surface area contributed by atoms with Crippen molar-refractivity contribution in [1.29, 1.82) is 0 Å². The average molecular weight is 428 g/mol. The van der Waals surface area contributed by atoms with Gasteiger partial charge in [-0.2, -0.15) is 0 Å². The Morgan fingerprint density at radius 2 is 1.71 bits per heavy atom. The first-order valence-electron chi connectivity index (χ1n) is 9.02. The van der Waals surface area contributed by atoms with Gasteiger partial charge >= 0.3 is 0 Å². The fraction of sp³-hybridized carbons (Fsp3) is 0.174. The molecule has 0 aromatic heterocycles. The van der Waals surface area contributed by atoms with Crippen molar-refractivity contribution < 1.29 is 4.79 Å². The van der Waals surface area contributed by atoms with Crippen LogP contribution in [0.4, 0.5) is 5.69 Å². The maximum absolute atomic E-state index is 12.6. The number of halogens is 1. The molecule has 3 aromatic carbocycles. The fourth-order valence-electron chi connectivity index (χ4n) is 2.64. The third-order valence-electron chi connectivity index (χ3n) is 4.19. The third kappa shape index (κ3) is 6.06. The first-order chi connectivity index (χ1) is 13.5. The summed E-state index contributed by atoms with van der Waals surface area (Å²) in [5, 5.41) is 3.55. The number of hydrogen-bond acceptors (Lipinski definition) is 3. The molecule has 3 aromatic rings. The minimum absolute atomic E-state index is 0.00513. The Kier molecular flexibility index (Phi) is 7.49. The van der Waals surface area contributed by atoms with Crippen LogP contribution in [-0.2, 0) is 10.5 Å². The maximum atomic E-state index is 12.6. The lowest BCUT2D eigenvalue weighted by Gasteiger charge is -2.14.